The molecule has 0 aliphatic heterocycles. The van der Waals surface area contributed by atoms with Gasteiger partial charge in [-0.3, -0.25) is 4.90 Å². The van der Waals surface area contributed by atoms with Gasteiger partial charge in [0, 0.05) is 6.54 Å². The van der Waals surface area contributed by atoms with Crippen molar-refractivity contribution in [1.82, 2.24) is 4.90 Å². The third-order valence-electron chi connectivity index (χ3n) is 2.14. The van der Waals surface area contributed by atoms with Crippen molar-refractivity contribution >= 4 is 5.97 Å². The van der Waals surface area contributed by atoms with E-state index in [9.17, 15) is 4.79 Å². The molecule has 0 amide bonds. The molecule has 0 spiro atoms. The van der Waals surface area contributed by atoms with E-state index in [1.165, 1.54) is 6.26 Å². The Balaban J connectivity index is 2.66. The molecule has 5 nitrogen and oxygen atoms in total. The summed E-state index contributed by atoms with van der Waals surface area (Å²) in [5, 5.41) is 8.76. The Morgan fingerprint density at radius 1 is 1.62 bits per heavy atom. The van der Waals surface area contributed by atoms with Gasteiger partial charge in [0.1, 0.15) is 11.3 Å². The number of rotatable bonds is 6. The fraction of sp³-hybridized carbons (Fsp3) is 0.545. The molecule has 16 heavy (non-hydrogen) atoms. The van der Waals surface area contributed by atoms with Crippen molar-refractivity contribution < 1.29 is 19.1 Å². The van der Waals surface area contributed by atoms with Gasteiger partial charge in [-0.25, -0.2) is 4.79 Å². The molecule has 0 radical (unpaired) electrons. The van der Waals surface area contributed by atoms with Gasteiger partial charge < -0.3 is 14.3 Å². The minimum absolute atomic E-state index is 0.0753. The Bertz CT molecular complexity index is 334. The Labute approximate surface area is 94.6 Å². The van der Waals surface area contributed by atoms with Crippen LogP contribution in [0, 0.1) is 0 Å². The Hall–Kier alpha value is -1.33. The van der Waals surface area contributed by atoms with E-state index in [1.54, 1.807) is 13.0 Å². The molecule has 0 aromatic carbocycles. The number of nitrogens with zero attached hydrogens (tertiary/aromatic N) is 1. The van der Waals surface area contributed by atoms with Gasteiger partial charge in [0.05, 0.1) is 26.0 Å². The summed E-state index contributed by atoms with van der Waals surface area (Å²) in [6.45, 7) is 3.18. The second-order valence-corrected chi connectivity index (χ2v) is 3.44. The van der Waals surface area contributed by atoms with Gasteiger partial charge in [-0.1, -0.05) is 0 Å². The minimum Gasteiger partial charge on any atom is -0.467 e. The number of carbonyl (C=O) groups excluding carboxylic acids is 1. The van der Waals surface area contributed by atoms with Crippen molar-refractivity contribution in [3.05, 3.63) is 23.7 Å². The lowest BCUT2D eigenvalue weighted by Crippen LogP contribution is -2.22. The number of hydrogen-bond acceptors (Lipinski definition) is 5. The highest BCUT2D eigenvalue weighted by Crippen LogP contribution is 2.13. The number of aliphatic hydroxyl groups is 1. The molecule has 5 heteroatoms. The first kappa shape index (κ1) is 12.7. The second kappa shape index (κ2) is 6.30. The summed E-state index contributed by atoms with van der Waals surface area (Å²) in [6, 6.07) is 1.60. The van der Waals surface area contributed by atoms with Crippen LogP contribution in [0.25, 0.3) is 0 Å². The fourth-order valence-corrected chi connectivity index (χ4v) is 1.35. The number of furan rings is 1. The molecule has 1 rings (SSSR count). The maximum Gasteiger partial charge on any atom is 0.341 e. The van der Waals surface area contributed by atoms with Gasteiger partial charge >= 0.3 is 5.97 Å². The van der Waals surface area contributed by atoms with E-state index in [2.05, 4.69) is 0 Å². The number of aliphatic hydroxyl groups excluding tert-OH is 1. The highest BCUT2D eigenvalue weighted by molar-refractivity contribution is 5.90. The predicted octanol–water partition coefficient (Wildman–Crippen LogP) is 0.880. The van der Waals surface area contributed by atoms with E-state index in [-0.39, 0.29) is 12.6 Å². The molecule has 0 bridgehead atoms. The van der Waals surface area contributed by atoms with Crippen molar-refractivity contribution in [3.8, 4) is 0 Å². The van der Waals surface area contributed by atoms with Gasteiger partial charge in [-0.15, -0.1) is 0 Å². The zero-order valence-electron chi connectivity index (χ0n) is 9.60. The molecule has 1 aromatic rings. The van der Waals surface area contributed by atoms with Crippen LogP contribution in [0.15, 0.2) is 16.7 Å². The van der Waals surface area contributed by atoms with Crippen LogP contribution < -0.4 is 0 Å². The number of likely N-dealkylation sites (N-methyl/N-ethyl adjacent to an activating group) is 1. The second-order valence-electron chi connectivity index (χ2n) is 3.44. The van der Waals surface area contributed by atoms with Gasteiger partial charge in [-0.2, -0.15) is 0 Å². The first-order valence-corrected chi connectivity index (χ1v) is 5.22. The quantitative estimate of drug-likeness (QED) is 0.731. The molecular weight excluding hydrogens is 210 g/mol. The third kappa shape index (κ3) is 3.36. The Morgan fingerprint density at radius 2 is 2.38 bits per heavy atom. The van der Waals surface area contributed by atoms with Gasteiger partial charge in [0.15, 0.2) is 0 Å². The summed E-state index contributed by atoms with van der Waals surface area (Å²) in [7, 11) is 1.84. The lowest BCUT2D eigenvalue weighted by molar-refractivity contribution is 0.0522. The smallest absolute Gasteiger partial charge is 0.341 e. The van der Waals surface area contributed by atoms with Crippen molar-refractivity contribution in [1.29, 1.82) is 0 Å². The molecule has 0 atom stereocenters. The molecule has 0 saturated heterocycles. The zero-order chi connectivity index (χ0) is 12.0. The lowest BCUT2D eigenvalue weighted by Gasteiger charge is -2.13. The molecule has 1 heterocycles. The number of carbonyl (C=O) groups is 1. The van der Waals surface area contributed by atoms with Crippen molar-refractivity contribution in [2.75, 3.05) is 26.8 Å². The van der Waals surface area contributed by atoms with Crippen LogP contribution in [0.4, 0.5) is 0 Å². The van der Waals surface area contributed by atoms with Crippen LogP contribution in [0.3, 0.4) is 0 Å². The molecular formula is C11H17NO4. The first-order valence-electron chi connectivity index (χ1n) is 5.22. The van der Waals surface area contributed by atoms with Gasteiger partial charge in [0.25, 0.3) is 0 Å². The molecule has 0 aliphatic carbocycles. The Kier molecular flexibility index (Phi) is 5.01. The number of hydrogen-bond donors (Lipinski definition) is 1. The van der Waals surface area contributed by atoms with Crippen molar-refractivity contribution in [3.63, 3.8) is 0 Å². The molecule has 1 N–H and O–H groups in total. The van der Waals surface area contributed by atoms with Crippen LogP contribution >= 0.6 is 0 Å². The van der Waals surface area contributed by atoms with E-state index in [4.69, 9.17) is 14.3 Å². The van der Waals surface area contributed by atoms with Gasteiger partial charge in [-0.05, 0) is 20.0 Å². The zero-order valence-corrected chi connectivity index (χ0v) is 9.60. The predicted molar refractivity (Wildman–Crippen MR) is 58.1 cm³/mol. The third-order valence-corrected chi connectivity index (χ3v) is 2.14. The molecule has 0 unspecified atom stereocenters. The van der Waals surface area contributed by atoms with Crippen LogP contribution in [-0.2, 0) is 11.3 Å². The normalized spacial score (nSPS) is 10.8. The van der Waals surface area contributed by atoms with E-state index < -0.39 is 0 Å². The topological polar surface area (TPSA) is 62.9 Å². The minimum atomic E-state index is -0.372. The molecule has 0 saturated carbocycles. The highest BCUT2D eigenvalue weighted by atomic mass is 16.5. The van der Waals surface area contributed by atoms with E-state index >= 15 is 0 Å². The molecule has 90 valence electrons. The van der Waals surface area contributed by atoms with Crippen LogP contribution in [0.5, 0.6) is 0 Å². The monoisotopic (exact) mass is 227 g/mol. The fourth-order valence-electron chi connectivity index (χ4n) is 1.35. The number of ether oxygens (including phenoxy) is 1. The maximum absolute atomic E-state index is 11.5. The van der Waals surface area contributed by atoms with Crippen LogP contribution in [0.2, 0.25) is 0 Å². The lowest BCUT2D eigenvalue weighted by atomic mass is 10.2. The summed E-state index contributed by atoms with van der Waals surface area (Å²) in [5.41, 5.74) is 0.451. The molecule has 1 aromatic heterocycles. The summed E-state index contributed by atoms with van der Waals surface area (Å²) >= 11 is 0. The molecule has 0 fully saturated rings. The SMILES string of the molecule is CCOC(=O)c1ccoc1CN(C)CCO. The summed E-state index contributed by atoms with van der Waals surface area (Å²) in [5.74, 6) is 0.193. The standard InChI is InChI=1S/C11H17NO4/c1-3-15-11(14)9-4-7-16-10(9)8-12(2)5-6-13/h4,7,13H,3,5-6,8H2,1-2H3. The van der Waals surface area contributed by atoms with Crippen LogP contribution in [-0.4, -0.2) is 42.8 Å². The average molecular weight is 227 g/mol. The van der Waals surface area contributed by atoms with E-state index in [0.29, 0.717) is 31.0 Å². The van der Waals surface area contributed by atoms with E-state index in [0.717, 1.165) is 0 Å². The van der Waals surface area contributed by atoms with Crippen molar-refractivity contribution in [2.45, 2.75) is 13.5 Å². The Morgan fingerprint density at radius 3 is 3.00 bits per heavy atom. The van der Waals surface area contributed by atoms with E-state index in [1.807, 2.05) is 11.9 Å². The van der Waals surface area contributed by atoms with Crippen LogP contribution in [0.1, 0.15) is 23.0 Å². The van der Waals surface area contributed by atoms with Gasteiger partial charge in [0.2, 0.25) is 0 Å². The average Bonchev–Trinajstić information content (AvgIpc) is 2.66. The van der Waals surface area contributed by atoms with Crippen molar-refractivity contribution in [2.24, 2.45) is 0 Å². The largest absolute Gasteiger partial charge is 0.467 e. The highest BCUT2D eigenvalue weighted by Gasteiger charge is 2.16. The summed E-state index contributed by atoms with van der Waals surface area (Å²) in [4.78, 5) is 13.4. The summed E-state index contributed by atoms with van der Waals surface area (Å²) < 4.78 is 10.1. The summed E-state index contributed by atoms with van der Waals surface area (Å²) in [6.07, 6.45) is 1.47. The number of esters is 1. The maximum atomic E-state index is 11.5. The first-order chi connectivity index (χ1) is 7.69. The molecule has 0 aliphatic rings.